The fourth-order valence-corrected chi connectivity index (χ4v) is 1.50. The summed E-state index contributed by atoms with van der Waals surface area (Å²) in [6.45, 7) is 4.27. The van der Waals surface area contributed by atoms with Gasteiger partial charge >= 0.3 is 51.4 Å². The third-order valence-corrected chi connectivity index (χ3v) is 2.12. The van der Waals surface area contributed by atoms with Crippen LogP contribution in [0.15, 0.2) is 29.3 Å². The quantitative estimate of drug-likeness (QED) is 0.386. The number of fused-ring (bicyclic) bond motifs is 1. The zero-order valence-electron chi connectivity index (χ0n) is 8.46. The van der Waals surface area contributed by atoms with Crippen LogP contribution in [0.4, 0.5) is 0 Å². The predicted octanol–water partition coefficient (Wildman–Crippen LogP) is -0.679. The van der Waals surface area contributed by atoms with Crippen LogP contribution in [-0.4, -0.2) is 11.8 Å². The summed E-state index contributed by atoms with van der Waals surface area (Å²) in [7, 11) is 0. The van der Waals surface area contributed by atoms with Gasteiger partial charge in [-0.2, -0.15) is 11.6 Å². The van der Waals surface area contributed by atoms with Crippen molar-refractivity contribution >= 4 is 6.21 Å². The third-order valence-electron chi connectivity index (χ3n) is 2.12. The van der Waals surface area contributed by atoms with Crippen LogP contribution in [0.3, 0.4) is 0 Å². The van der Waals surface area contributed by atoms with E-state index in [1.54, 1.807) is 0 Å². The molecule has 1 aromatic carbocycles. The van der Waals surface area contributed by atoms with Gasteiger partial charge in [0.2, 0.25) is 0 Å². The number of hydrogen-bond donors (Lipinski definition) is 0. The molecule has 0 bridgehead atoms. The van der Waals surface area contributed by atoms with Crippen LogP contribution in [0.5, 0.6) is 0 Å². The summed E-state index contributed by atoms with van der Waals surface area (Å²) in [5, 5.41) is 0. The number of benzene rings is 1. The normalized spacial score (nSPS) is 17.4. The standard InChI is InChI=1S/C11H12N.K/c1-11(2)7-9-5-3-4-6-10(9)8-12-11;/h3-6H,7H2,1-2H3;/q-1;+1. The number of hydrogen-bond acceptors (Lipinski definition) is 1. The molecule has 0 fully saturated rings. The fourth-order valence-electron chi connectivity index (χ4n) is 1.50. The molecule has 13 heavy (non-hydrogen) atoms. The second-order valence-corrected chi connectivity index (χ2v) is 3.87. The molecule has 1 heterocycles. The molecule has 1 aromatic rings. The Hall–Kier alpha value is 0.526. The van der Waals surface area contributed by atoms with Crippen LogP contribution in [0.1, 0.15) is 25.0 Å². The molecule has 62 valence electrons. The smallest absolute Gasteiger partial charge is 0.354 e. The number of nitrogens with zero attached hydrogens (tertiary/aromatic N) is 1. The van der Waals surface area contributed by atoms with Crippen LogP contribution >= 0.6 is 0 Å². The minimum absolute atomic E-state index is 0. The Morgan fingerprint density at radius 3 is 2.77 bits per heavy atom. The van der Waals surface area contributed by atoms with Crippen molar-refractivity contribution in [1.29, 1.82) is 0 Å². The molecular formula is C11H12KN. The molecule has 1 aliphatic rings. The topological polar surface area (TPSA) is 12.4 Å². The molecule has 0 amide bonds. The van der Waals surface area contributed by atoms with Crippen LogP contribution < -0.4 is 51.4 Å². The van der Waals surface area contributed by atoms with Crippen LogP contribution in [0.2, 0.25) is 0 Å². The van der Waals surface area contributed by atoms with Gasteiger partial charge in [0.1, 0.15) is 0 Å². The van der Waals surface area contributed by atoms with Gasteiger partial charge in [-0.05, 0) is 20.3 Å². The van der Waals surface area contributed by atoms with E-state index in [0.717, 1.165) is 12.0 Å². The van der Waals surface area contributed by atoms with Crippen molar-refractivity contribution in [1.82, 2.24) is 0 Å². The van der Waals surface area contributed by atoms with Gasteiger partial charge in [0, 0.05) is 5.54 Å². The summed E-state index contributed by atoms with van der Waals surface area (Å²) in [5.74, 6) is 0. The summed E-state index contributed by atoms with van der Waals surface area (Å²) >= 11 is 0. The van der Waals surface area contributed by atoms with Crippen molar-refractivity contribution in [3.63, 3.8) is 0 Å². The van der Waals surface area contributed by atoms with E-state index >= 15 is 0 Å². The van der Waals surface area contributed by atoms with Crippen molar-refractivity contribution in [2.24, 2.45) is 4.99 Å². The molecule has 0 saturated carbocycles. The van der Waals surface area contributed by atoms with E-state index < -0.39 is 0 Å². The van der Waals surface area contributed by atoms with Crippen LogP contribution in [0, 0.1) is 0 Å². The third kappa shape index (κ3) is 2.74. The Labute approximate surface area is 122 Å². The largest absolute Gasteiger partial charge is 1.00 e. The monoisotopic (exact) mass is 197 g/mol. The molecule has 2 heteroatoms. The van der Waals surface area contributed by atoms with Gasteiger partial charge in [-0.1, -0.05) is 12.3 Å². The predicted molar refractivity (Wildman–Crippen MR) is 50.8 cm³/mol. The summed E-state index contributed by atoms with van der Waals surface area (Å²) in [6, 6.07) is 8.31. The zero-order chi connectivity index (χ0) is 8.60. The second kappa shape index (κ2) is 4.36. The van der Waals surface area contributed by atoms with Gasteiger partial charge in [-0.25, -0.2) is 0 Å². The van der Waals surface area contributed by atoms with Crippen molar-refractivity contribution in [3.05, 3.63) is 35.4 Å². The number of rotatable bonds is 0. The second-order valence-electron chi connectivity index (χ2n) is 3.87. The SMILES string of the molecule is CC1(C)Cc2ccccc2[C-]=N1.[K+]. The van der Waals surface area contributed by atoms with Crippen molar-refractivity contribution in [2.75, 3.05) is 0 Å². The van der Waals surface area contributed by atoms with E-state index in [2.05, 4.69) is 43.3 Å². The first-order valence-corrected chi connectivity index (χ1v) is 4.23. The molecule has 0 unspecified atom stereocenters. The van der Waals surface area contributed by atoms with E-state index in [-0.39, 0.29) is 56.9 Å². The van der Waals surface area contributed by atoms with E-state index in [0.29, 0.717) is 0 Å². The maximum absolute atomic E-state index is 4.35. The van der Waals surface area contributed by atoms with Gasteiger partial charge in [-0.15, -0.1) is 17.7 Å². The van der Waals surface area contributed by atoms with E-state index in [4.69, 9.17) is 0 Å². The molecule has 0 aromatic heterocycles. The van der Waals surface area contributed by atoms with Crippen LogP contribution in [0.25, 0.3) is 0 Å². The summed E-state index contributed by atoms with van der Waals surface area (Å²) in [4.78, 5) is 4.35. The molecule has 0 radical (unpaired) electrons. The van der Waals surface area contributed by atoms with Gasteiger partial charge in [-0.3, -0.25) is 0 Å². The maximum atomic E-state index is 4.35. The van der Waals surface area contributed by atoms with Gasteiger partial charge < -0.3 is 4.99 Å². The Balaban J connectivity index is 0.000000845. The zero-order valence-corrected chi connectivity index (χ0v) is 11.6. The minimum Gasteiger partial charge on any atom is -0.354 e. The van der Waals surface area contributed by atoms with E-state index in [1.165, 1.54) is 5.56 Å². The molecular weight excluding hydrogens is 185 g/mol. The first kappa shape index (κ1) is 11.6. The molecule has 0 atom stereocenters. The van der Waals surface area contributed by atoms with Crippen LogP contribution in [-0.2, 0) is 6.42 Å². The average Bonchev–Trinajstić information content (AvgIpc) is 2.02. The molecule has 0 aliphatic carbocycles. The summed E-state index contributed by atoms with van der Waals surface area (Å²) < 4.78 is 0. The maximum Gasteiger partial charge on any atom is 1.00 e. The first-order valence-electron chi connectivity index (χ1n) is 4.23. The van der Waals surface area contributed by atoms with Gasteiger partial charge in [0.25, 0.3) is 0 Å². The van der Waals surface area contributed by atoms with Crippen molar-refractivity contribution in [2.45, 2.75) is 25.8 Å². The van der Waals surface area contributed by atoms with E-state index in [1.807, 2.05) is 6.07 Å². The number of aliphatic imine (C=N–C) groups is 1. The average molecular weight is 197 g/mol. The Kier molecular flexibility index (Phi) is 3.89. The Morgan fingerprint density at radius 1 is 1.31 bits per heavy atom. The molecule has 0 saturated heterocycles. The Morgan fingerprint density at radius 2 is 2.00 bits per heavy atom. The first-order chi connectivity index (χ1) is 5.67. The van der Waals surface area contributed by atoms with Crippen molar-refractivity contribution in [3.8, 4) is 0 Å². The minimum atomic E-state index is 0. The Bertz CT molecular complexity index is 329. The summed E-state index contributed by atoms with van der Waals surface area (Å²) in [5.41, 5.74) is 2.54. The molecule has 0 spiro atoms. The van der Waals surface area contributed by atoms with Gasteiger partial charge in [0.05, 0.1) is 0 Å². The molecule has 1 aliphatic heterocycles. The molecule has 1 nitrogen and oxygen atoms in total. The summed E-state index contributed by atoms with van der Waals surface area (Å²) in [6.07, 6.45) is 4.10. The van der Waals surface area contributed by atoms with Crippen molar-refractivity contribution < 1.29 is 51.4 Å². The van der Waals surface area contributed by atoms with E-state index in [9.17, 15) is 0 Å². The molecule has 0 N–H and O–H groups in total. The molecule has 2 rings (SSSR count). The van der Waals surface area contributed by atoms with Gasteiger partial charge in [0.15, 0.2) is 0 Å². The fraction of sp³-hybridized carbons (Fsp3) is 0.364.